The number of hydrogen-bond acceptors (Lipinski definition) is 5. The second kappa shape index (κ2) is 3.54. The maximum atomic E-state index is 12.1. The van der Waals surface area contributed by atoms with Gasteiger partial charge in [0.25, 0.3) is 0 Å². The summed E-state index contributed by atoms with van der Waals surface area (Å²) in [6.45, 7) is 0. The lowest BCUT2D eigenvalue weighted by molar-refractivity contribution is 0.473. The second-order valence-electron chi connectivity index (χ2n) is 4.53. The first-order valence-electron chi connectivity index (χ1n) is 5.95. The van der Waals surface area contributed by atoms with Gasteiger partial charge in [0, 0.05) is 6.07 Å². The molecule has 0 fully saturated rings. The zero-order valence-corrected chi connectivity index (χ0v) is 10.1. The molecule has 0 spiro atoms. The second-order valence-corrected chi connectivity index (χ2v) is 4.53. The first-order valence-corrected chi connectivity index (χ1v) is 5.95. The van der Waals surface area contributed by atoms with E-state index in [0.717, 1.165) is 0 Å². The summed E-state index contributed by atoms with van der Waals surface area (Å²) in [4.78, 5) is 12.1. The molecule has 2 aromatic heterocycles. The largest absolute Gasteiger partial charge is 0.508 e. The molecule has 0 saturated heterocycles. The summed E-state index contributed by atoms with van der Waals surface area (Å²) < 4.78 is 10.9. The summed E-state index contributed by atoms with van der Waals surface area (Å²) in [5, 5.41) is 20.5. The predicted molar refractivity (Wildman–Crippen MR) is 73.1 cm³/mol. The van der Waals surface area contributed by atoms with Crippen LogP contribution in [0, 0.1) is 0 Å². The van der Waals surface area contributed by atoms with Crippen LogP contribution in [0.1, 0.15) is 0 Å². The van der Waals surface area contributed by atoms with Gasteiger partial charge in [-0.2, -0.15) is 0 Å². The van der Waals surface area contributed by atoms with E-state index < -0.39 is 5.63 Å². The van der Waals surface area contributed by atoms with Crippen molar-refractivity contribution in [1.29, 1.82) is 0 Å². The number of benzene rings is 2. The Labute approximate surface area is 111 Å². The fraction of sp³-hybridized carbons (Fsp3) is 0. The Morgan fingerprint density at radius 2 is 1.75 bits per heavy atom. The minimum atomic E-state index is -0.613. The fourth-order valence-corrected chi connectivity index (χ4v) is 2.45. The van der Waals surface area contributed by atoms with Gasteiger partial charge in [0.15, 0.2) is 5.58 Å². The van der Waals surface area contributed by atoms with Gasteiger partial charge in [-0.25, -0.2) is 4.79 Å². The van der Waals surface area contributed by atoms with Gasteiger partial charge < -0.3 is 19.0 Å². The lowest BCUT2D eigenvalue weighted by Gasteiger charge is -1.98. The summed E-state index contributed by atoms with van der Waals surface area (Å²) in [6, 6.07) is 9.22. The lowest BCUT2D eigenvalue weighted by Crippen LogP contribution is -1.98. The van der Waals surface area contributed by atoms with Crippen molar-refractivity contribution in [2.75, 3.05) is 0 Å². The van der Waals surface area contributed by atoms with Gasteiger partial charge in [-0.05, 0) is 24.3 Å². The standard InChI is InChI=1S/C15H8O5/c16-7-4-5-8-11(6-7)20-15(18)13-12-9(17)2-1-3-10(12)19-14(8)13/h1-6,16-17H. The van der Waals surface area contributed by atoms with Gasteiger partial charge in [-0.1, -0.05) is 6.07 Å². The van der Waals surface area contributed by atoms with Gasteiger partial charge in [0.2, 0.25) is 0 Å². The molecule has 5 nitrogen and oxygen atoms in total. The molecule has 0 atom stereocenters. The molecule has 98 valence electrons. The van der Waals surface area contributed by atoms with Gasteiger partial charge in [0.1, 0.15) is 28.1 Å². The highest BCUT2D eigenvalue weighted by molar-refractivity contribution is 6.14. The van der Waals surface area contributed by atoms with E-state index in [-0.39, 0.29) is 22.5 Å². The number of furan rings is 1. The van der Waals surface area contributed by atoms with Crippen molar-refractivity contribution in [2.24, 2.45) is 0 Å². The third kappa shape index (κ3) is 1.29. The van der Waals surface area contributed by atoms with Crippen LogP contribution in [0.15, 0.2) is 50.0 Å². The van der Waals surface area contributed by atoms with Crippen LogP contribution < -0.4 is 5.63 Å². The normalized spacial score (nSPS) is 11.6. The summed E-state index contributed by atoms with van der Waals surface area (Å²) in [5.41, 5.74) is 0.375. The van der Waals surface area contributed by atoms with Gasteiger partial charge >= 0.3 is 5.63 Å². The number of fused-ring (bicyclic) bond motifs is 5. The van der Waals surface area contributed by atoms with Crippen LogP contribution in [0.25, 0.3) is 32.9 Å². The average Bonchev–Trinajstić information content (AvgIpc) is 2.79. The van der Waals surface area contributed by atoms with Gasteiger partial charge in [-0.15, -0.1) is 0 Å². The van der Waals surface area contributed by atoms with E-state index in [1.807, 2.05) is 0 Å². The molecule has 0 unspecified atom stereocenters. The van der Waals surface area contributed by atoms with Crippen LogP contribution in [0.5, 0.6) is 11.5 Å². The van der Waals surface area contributed by atoms with Crippen LogP contribution in [0.2, 0.25) is 0 Å². The van der Waals surface area contributed by atoms with E-state index in [2.05, 4.69) is 0 Å². The number of aromatic hydroxyl groups is 2. The number of phenols is 2. The van der Waals surface area contributed by atoms with E-state index in [1.54, 1.807) is 18.2 Å². The first-order chi connectivity index (χ1) is 9.65. The quantitative estimate of drug-likeness (QED) is 0.479. The smallest absolute Gasteiger partial charge is 0.348 e. The van der Waals surface area contributed by atoms with E-state index >= 15 is 0 Å². The first kappa shape index (κ1) is 10.9. The van der Waals surface area contributed by atoms with Crippen molar-refractivity contribution in [1.82, 2.24) is 0 Å². The highest BCUT2D eigenvalue weighted by Crippen LogP contribution is 2.36. The van der Waals surface area contributed by atoms with Gasteiger partial charge in [-0.3, -0.25) is 0 Å². The Kier molecular flexibility index (Phi) is 1.93. The molecule has 0 aliphatic heterocycles. The van der Waals surface area contributed by atoms with Crippen molar-refractivity contribution in [3.05, 3.63) is 46.8 Å². The summed E-state index contributed by atoms with van der Waals surface area (Å²) in [6.07, 6.45) is 0. The topological polar surface area (TPSA) is 83.8 Å². The van der Waals surface area contributed by atoms with Crippen LogP contribution in [0.4, 0.5) is 0 Å². The van der Waals surface area contributed by atoms with E-state index in [4.69, 9.17) is 8.83 Å². The molecule has 4 rings (SSSR count). The van der Waals surface area contributed by atoms with Crippen molar-refractivity contribution >= 4 is 32.9 Å². The monoisotopic (exact) mass is 268 g/mol. The summed E-state index contributed by atoms with van der Waals surface area (Å²) in [5.74, 6) is -0.0364. The number of rotatable bonds is 0. The number of hydrogen-bond donors (Lipinski definition) is 2. The lowest BCUT2D eigenvalue weighted by atomic mass is 10.1. The van der Waals surface area contributed by atoms with E-state index in [0.29, 0.717) is 21.9 Å². The molecule has 2 aromatic carbocycles. The predicted octanol–water partition coefficient (Wildman–Crippen LogP) is 3.10. The zero-order valence-electron chi connectivity index (χ0n) is 10.1. The minimum Gasteiger partial charge on any atom is -0.508 e. The summed E-state index contributed by atoms with van der Waals surface area (Å²) in [7, 11) is 0. The molecule has 0 amide bonds. The third-order valence-electron chi connectivity index (χ3n) is 3.31. The Hall–Kier alpha value is -2.95. The molecular weight excluding hydrogens is 260 g/mol. The fourth-order valence-electron chi connectivity index (χ4n) is 2.45. The van der Waals surface area contributed by atoms with Crippen LogP contribution in [-0.2, 0) is 0 Å². The molecule has 5 heteroatoms. The van der Waals surface area contributed by atoms with E-state index in [1.165, 1.54) is 18.2 Å². The molecule has 0 bridgehead atoms. The van der Waals surface area contributed by atoms with Crippen LogP contribution in [-0.4, -0.2) is 10.2 Å². The molecule has 2 heterocycles. The maximum Gasteiger partial charge on any atom is 0.348 e. The SMILES string of the molecule is O=c1oc2cc(O)ccc2c2oc3cccc(O)c3c12. The number of phenolic OH excluding ortho intramolecular Hbond substituents is 2. The Morgan fingerprint density at radius 3 is 2.60 bits per heavy atom. The summed E-state index contributed by atoms with van der Waals surface area (Å²) >= 11 is 0. The molecule has 0 radical (unpaired) electrons. The van der Waals surface area contributed by atoms with Crippen LogP contribution in [0.3, 0.4) is 0 Å². The van der Waals surface area contributed by atoms with Crippen molar-refractivity contribution in [3.8, 4) is 11.5 Å². The molecule has 2 N–H and O–H groups in total. The highest BCUT2D eigenvalue weighted by atomic mass is 16.4. The van der Waals surface area contributed by atoms with Crippen molar-refractivity contribution in [3.63, 3.8) is 0 Å². The average molecular weight is 268 g/mol. The molecule has 4 aromatic rings. The highest BCUT2D eigenvalue weighted by Gasteiger charge is 2.18. The molecule has 20 heavy (non-hydrogen) atoms. The third-order valence-corrected chi connectivity index (χ3v) is 3.31. The van der Waals surface area contributed by atoms with Gasteiger partial charge in [0.05, 0.1) is 10.8 Å². The van der Waals surface area contributed by atoms with Crippen LogP contribution >= 0.6 is 0 Å². The Bertz CT molecular complexity index is 1040. The Balaban J connectivity index is 2.37. The molecule has 0 aliphatic rings. The van der Waals surface area contributed by atoms with Crippen molar-refractivity contribution in [2.45, 2.75) is 0 Å². The minimum absolute atomic E-state index is 0.000965. The van der Waals surface area contributed by atoms with E-state index in [9.17, 15) is 15.0 Å². The molecular formula is C15H8O5. The maximum absolute atomic E-state index is 12.1. The molecule has 0 saturated carbocycles. The van der Waals surface area contributed by atoms with Crippen molar-refractivity contribution < 1.29 is 19.0 Å². The zero-order chi connectivity index (χ0) is 13.9. The molecule has 0 aliphatic carbocycles. The Morgan fingerprint density at radius 1 is 0.900 bits per heavy atom.